The monoisotopic (exact) mass is 417 g/mol. The van der Waals surface area contributed by atoms with Crippen LogP contribution in [-0.4, -0.2) is 36.3 Å². The Kier molecular flexibility index (Phi) is 6.12. The predicted octanol–water partition coefficient (Wildman–Crippen LogP) is 4.83. The SMILES string of the molecule is CCCN1C(=O)C(Nc2ccc(N3CCC(C)CC3)cc2)=C(c2ccc(C)cc2)C1=O. The molecule has 2 heterocycles. The molecular weight excluding hydrogens is 386 g/mol. The number of nitrogens with zero attached hydrogens (tertiary/aromatic N) is 2. The van der Waals surface area contributed by atoms with Crippen molar-refractivity contribution in [2.45, 2.75) is 40.0 Å². The number of hydrogen-bond acceptors (Lipinski definition) is 4. The fourth-order valence-corrected chi connectivity index (χ4v) is 4.27. The van der Waals surface area contributed by atoms with Crippen molar-refractivity contribution in [2.75, 3.05) is 29.9 Å². The summed E-state index contributed by atoms with van der Waals surface area (Å²) >= 11 is 0. The first-order chi connectivity index (χ1) is 15.0. The minimum Gasteiger partial charge on any atom is -0.372 e. The molecule has 162 valence electrons. The second kappa shape index (κ2) is 8.96. The summed E-state index contributed by atoms with van der Waals surface area (Å²) in [7, 11) is 0. The second-order valence-electron chi connectivity index (χ2n) is 8.72. The zero-order valence-electron chi connectivity index (χ0n) is 18.6. The summed E-state index contributed by atoms with van der Waals surface area (Å²) in [6.45, 7) is 8.87. The van der Waals surface area contributed by atoms with Crippen molar-refractivity contribution >= 4 is 28.8 Å². The molecule has 5 nitrogen and oxygen atoms in total. The molecule has 0 atom stereocenters. The van der Waals surface area contributed by atoms with Gasteiger partial charge in [-0.3, -0.25) is 14.5 Å². The van der Waals surface area contributed by atoms with Crippen LogP contribution in [0.2, 0.25) is 0 Å². The summed E-state index contributed by atoms with van der Waals surface area (Å²) in [4.78, 5) is 29.9. The van der Waals surface area contributed by atoms with Crippen molar-refractivity contribution in [1.82, 2.24) is 4.90 Å². The Morgan fingerprint density at radius 2 is 1.58 bits per heavy atom. The molecule has 2 aliphatic heterocycles. The highest BCUT2D eigenvalue weighted by Crippen LogP contribution is 2.31. The van der Waals surface area contributed by atoms with Crippen molar-refractivity contribution in [3.05, 3.63) is 65.4 Å². The molecule has 0 aromatic heterocycles. The standard InChI is InChI=1S/C26H31N3O2/c1-4-15-29-25(30)23(20-7-5-18(2)6-8-20)24(26(29)31)27-21-9-11-22(12-10-21)28-16-13-19(3)14-17-28/h5-12,19,27H,4,13-17H2,1-3H3. The van der Waals surface area contributed by atoms with Crippen LogP contribution in [0.4, 0.5) is 11.4 Å². The molecule has 0 saturated carbocycles. The third-order valence-electron chi connectivity index (χ3n) is 6.24. The molecule has 2 aliphatic rings. The number of rotatable bonds is 6. The lowest BCUT2D eigenvalue weighted by atomic mass is 9.99. The molecule has 2 aromatic rings. The first-order valence-electron chi connectivity index (χ1n) is 11.3. The Morgan fingerprint density at radius 1 is 0.935 bits per heavy atom. The van der Waals surface area contributed by atoms with E-state index in [1.807, 2.05) is 50.2 Å². The largest absolute Gasteiger partial charge is 0.372 e. The number of benzene rings is 2. The molecule has 0 radical (unpaired) electrons. The Morgan fingerprint density at radius 3 is 2.19 bits per heavy atom. The molecular formula is C26H31N3O2. The van der Waals surface area contributed by atoms with E-state index in [2.05, 4.69) is 29.3 Å². The number of nitrogens with one attached hydrogen (secondary N) is 1. The van der Waals surface area contributed by atoms with Gasteiger partial charge in [-0.25, -0.2) is 0 Å². The molecule has 4 rings (SSSR count). The van der Waals surface area contributed by atoms with E-state index in [9.17, 15) is 9.59 Å². The number of aryl methyl sites for hydroxylation is 1. The highest BCUT2D eigenvalue weighted by atomic mass is 16.2. The van der Waals surface area contributed by atoms with Gasteiger partial charge < -0.3 is 10.2 Å². The summed E-state index contributed by atoms with van der Waals surface area (Å²) < 4.78 is 0. The van der Waals surface area contributed by atoms with E-state index in [0.717, 1.165) is 42.2 Å². The van der Waals surface area contributed by atoms with Crippen LogP contribution in [0.25, 0.3) is 5.57 Å². The van der Waals surface area contributed by atoms with Crippen LogP contribution >= 0.6 is 0 Å². The van der Waals surface area contributed by atoms with Crippen LogP contribution in [0, 0.1) is 12.8 Å². The Balaban J connectivity index is 1.61. The van der Waals surface area contributed by atoms with Gasteiger partial charge in [0.2, 0.25) is 0 Å². The molecule has 0 spiro atoms. The smallest absolute Gasteiger partial charge is 0.278 e. The number of carbonyl (C=O) groups excluding carboxylic acids is 2. The van der Waals surface area contributed by atoms with Crippen LogP contribution in [0.3, 0.4) is 0 Å². The lowest BCUT2D eigenvalue weighted by Crippen LogP contribution is -2.33. The van der Waals surface area contributed by atoms with Gasteiger partial charge in [0.05, 0.1) is 5.57 Å². The van der Waals surface area contributed by atoms with Crippen LogP contribution < -0.4 is 10.2 Å². The maximum absolute atomic E-state index is 13.1. The van der Waals surface area contributed by atoms with E-state index >= 15 is 0 Å². The van der Waals surface area contributed by atoms with Gasteiger partial charge in [0, 0.05) is 31.0 Å². The Bertz CT molecular complexity index is 984. The number of imide groups is 1. The number of anilines is 2. The summed E-state index contributed by atoms with van der Waals surface area (Å²) in [5.74, 6) is 0.315. The Hall–Kier alpha value is -3.08. The topological polar surface area (TPSA) is 52.7 Å². The van der Waals surface area contributed by atoms with Gasteiger partial charge >= 0.3 is 0 Å². The summed E-state index contributed by atoms with van der Waals surface area (Å²) in [6.07, 6.45) is 3.17. The highest BCUT2D eigenvalue weighted by Gasteiger charge is 2.38. The maximum atomic E-state index is 13.1. The molecule has 1 fully saturated rings. The highest BCUT2D eigenvalue weighted by molar-refractivity contribution is 6.36. The van der Waals surface area contributed by atoms with Crippen molar-refractivity contribution in [3.8, 4) is 0 Å². The summed E-state index contributed by atoms with van der Waals surface area (Å²) in [5, 5.41) is 3.26. The number of piperidine rings is 1. The van der Waals surface area contributed by atoms with Crippen molar-refractivity contribution in [2.24, 2.45) is 5.92 Å². The third kappa shape index (κ3) is 4.36. The molecule has 2 aromatic carbocycles. The lowest BCUT2D eigenvalue weighted by Gasteiger charge is -2.32. The molecule has 2 amide bonds. The second-order valence-corrected chi connectivity index (χ2v) is 8.72. The van der Waals surface area contributed by atoms with Crippen LogP contribution in [-0.2, 0) is 9.59 Å². The van der Waals surface area contributed by atoms with E-state index < -0.39 is 0 Å². The van der Waals surface area contributed by atoms with E-state index in [4.69, 9.17) is 0 Å². The van der Waals surface area contributed by atoms with Gasteiger partial charge in [-0.2, -0.15) is 0 Å². The van der Waals surface area contributed by atoms with E-state index in [1.54, 1.807) is 0 Å². The average Bonchev–Trinajstić information content (AvgIpc) is 3.00. The molecule has 0 bridgehead atoms. The first kappa shape index (κ1) is 21.2. The number of hydrogen-bond donors (Lipinski definition) is 1. The number of carbonyl (C=O) groups is 2. The molecule has 5 heteroatoms. The van der Waals surface area contributed by atoms with E-state index in [1.165, 1.54) is 23.4 Å². The molecule has 31 heavy (non-hydrogen) atoms. The summed E-state index contributed by atoms with van der Waals surface area (Å²) in [6, 6.07) is 15.9. The lowest BCUT2D eigenvalue weighted by molar-refractivity contribution is -0.136. The zero-order chi connectivity index (χ0) is 22.0. The average molecular weight is 418 g/mol. The van der Waals surface area contributed by atoms with Crippen molar-refractivity contribution < 1.29 is 9.59 Å². The predicted molar refractivity (Wildman–Crippen MR) is 126 cm³/mol. The zero-order valence-corrected chi connectivity index (χ0v) is 18.6. The quantitative estimate of drug-likeness (QED) is 0.684. The van der Waals surface area contributed by atoms with E-state index in [-0.39, 0.29) is 11.8 Å². The van der Waals surface area contributed by atoms with Crippen LogP contribution in [0.5, 0.6) is 0 Å². The fourth-order valence-electron chi connectivity index (χ4n) is 4.27. The summed E-state index contributed by atoms with van der Waals surface area (Å²) in [5.41, 5.74) is 4.71. The molecule has 1 N–H and O–H groups in total. The van der Waals surface area contributed by atoms with Crippen LogP contribution in [0.1, 0.15) is 44.2 Å². The molecule has 1 saturated heterocycles. The van der Waals surface area contributed by atoms with E-state index in [0.29, 0.717) is 17.8 Å². The van der Waals surface area contributed by atoms with Gasteiger partial charge in [0.15, 0.2) is 0 Å². The first-order valence-corrected chi connectivity index (χ1v) is 11.3. The van der Waals surface area contributed by atoms with Gasteiger partial charge in [-0.15, -0.1) is 0 Å². The Labute approximate surface area is 184 Å². The van der Waals surface area contributed by atoms with Crippen LogP contribution in [0.15, 0.2) is 54.2 Å². The van der Waals surface area contributed by atoms with Crippen molar-refractivity contribution in [1.29, 1.82) is 0 Å². The molecule has 0 aliphatic carbocycles. The van der Waals surface area contributed by atoms with Crippen molar-refractivity contribution in [3.63, 3.8) is 0 Å². The maximum Gasteiger partial charge on any atom is 0.278 e. The van der Waals surface area contributed by atoms with Gasteiger partial charge in [-0.05, 0) is 61.9 Å². The van der Waals surface area contributed by atoms with Gasteiger partial charge in [-0.1, -0.05) is 43.7 Å². The third-order valence-corrected chi connectivity index (χ3v) is 6.24. The fraction of sp³-hybridized carbons (Fsp3) is 0.385. The minimum absolute atomic E-state index is 0.225. The normalized spacial score (nSPS) is 17.6. The number of amides is 2. The molecule has 0 unspecified atom stereocenters. The minimum atomic E-state index is -0.253. The van der Waals surface area contributed by atoms with Gasteiger partial charge in [0.1, 0.15) is 5.70 Å². The van der Waals surface area contributed by atoms with Gasteiger partial charge in [0.25, 0.3) is 11.8 Å².